The third-order valence-corrected chi connectivity index (χ3v) is 5.31. The molecule has 2 N–H and O–H groups in total. The van der Waals surface area contributed by atoms with E-state index < -0.39 is 21.7 Å². The van der Waals surface area contributed by atoms with Crippen LogP contribution in [0.15, 0.2) is 45.8 Å². The summed E-state index contributed by atoms with van der Waals surface area (Å²) in [5.74, 6) is -0.980. The molecule has 0 amide bonds. The molecule has 0 aliphatic carbocycles. The van der Waals surface area contributed by atoms with Crippen LogP contribution >= 0.6 is 15.9 Å². The number of sulfone groups is 1. The Morgan fingerprint density at radius 1 is 1.25 bits per heavy atom. The van der Waals surface area contributed by atoms with Crippen molar-refractivity contribution < 1.29 is 23.1 Å². The summed E-state index contributed by atoms with van der Waals surface area (Å²) >= 11 is 3.30. The Morgan fingerprint density at radius 2 is 1.88 bits per heavy atom. The van der Waals surface area contributed by atoms with Crippen molar-refractivity contribution >= 4 is 37.4 Å². The summed E-state index contributed by atoms with van der Waals surface area (Å²) in [5, 5.41) is 12.1. The van der Waals surface area contributed by atoms with Gasteiger partial charge in [-0.15, -0.1) is 0 Å². The van der Waals surface area contributed by atoms with E-state index in [0.717, 1.165) is 0 Å². The molecule has 2 rings (SSSR count). The molecule has 0 unspecified atom stereocenters. The van der Waals surface area contributed by atoms with Crippen LogP contribution in [0.25, 0.3) is 0 Å². The van der Waals surface area contributed by atoms with Gasteiger partial charge in [0, 0.05) is 4.47 Å². The van der Waals surface area contributed by atoms with Crippen LogP contribution in [0.2, 0.25) is 0 Å². The molecule has 24 heavy (non-hydrogen) atoms. The largest absolute Gasteiger partial charge is 0.508 e. The average Bonchev–Trinajstić information content (AvgIpc) is 2.53. The Bertz CT molecular complexity index is 863. The van der Waals surface area contributed by atoms with Gasteiger partial charge in [0.25, 0.3) is 0 Å². The molecule has 0 spiro atoms. The molecule has 0 aromatic heterocycles. The van der Waals surface area contributed by atoms with Crippen molar-refractivity contribution in [2.45, 2.75) is 11.8 Å². The maximum atomic E-state index is 12.4. The van der Waals surface area contributed by atoms with E-state index in [-0.39, 0.29) is 16.2 Å². The monoisotopic (exact) mass is 413 g/mol. The zero-order valence-electron chi connectivity index (χ0n) is 13.0. The second-order valence-electron chi connectivity index (χ2n) is 5.07. The van der Waals surface area contributed by atoms with Gasteiger partial charge < -0.3 is 15.2 Å². The molecule has 0 aliphatic heterocycles. The number of phenols is 1. The zero-order chi connectivity index (χ0) is 17.9. The zero-order valence-corrected chi connectivity index (χ0v) is 15.4. The van der Waals surface area contributed by atoms with E-state index in [0.29, 0.717) is 15.7 Å². The molecule has 2 aromatic rings. The van der Waals surface area contributed by atoms with Crippen molar-refractivity contribution in [3.63, 3.8) is 0 Å². The lowest BCUT2D eigenvalue weighted by molar-refractivity contribution is 0.0601. The van der Waals surface area contributed by atoms with Crippen molar-refractivity contribution in [2.75, 3.05) is 18.3 Å². The number of aromatic hydroxyl groups is 1. The number of nitrogens with one attached hydrogen (secondary N) is 1. The number of benzene rings is 2. The van der Waals surface area contributed by atoms with Crippen LogP contribution in [0.1, 0.15) is 15.9 Å². The molecule has 6 nitrogen and oxygen atoms in total. The van der Waals surface area contributed by atoms with E-state index in [9.17, 15) is 18.3 Å². The average molecular weight is 414 g/mol. The fourth-order valence-corrected chi connectivity index (χ4v) is 3.78. The number of ether oxygens (including phenoxy) is 1. The topological polar surface area (TPSA) is 92.7 Å². The van der Waals surface area contributed by atoms with E-state index in [1.807, 2.05) is 0 Å². The summed E-state index contributed by atoms with van der Waals surface area (Å²) in [7, 11) is -2.38. The molecule has 2 aromatic carbocycles. The summed E-state index contributed by atoms with van der Waals surface area (Å²) in [4.78, 5) is 12.0. The molecule has 0 aliphatic rings. The normalized spacial score (nSPS) is 11.1. The Labute approximate surface area is 148 Å². The molecule has 0 radical (unpaired) electrons. The number of hydrogen-bond acceptors (Lipinski definition) is 6. The van der Waals surface area contributed by atoms with Crippen LogP contribution < -0.4 is 5.32 Å². The van der Waals surface area contributed by atoms with Gasteiger partial charge in [0.15, 0.2) is 9.84 Å². The Hall–Kier alpha value is -2.06. The van der Waals surface area contributed by atoms with Crippen LogP contribution in [-0.2, 0) is 14.6 Å². The number of rotatable bonds is 5. The van der Waals surface area contributed by atoms with E-state index in [1.165, 1.54) is 31.4 Å². The third kappa shape index (κ3) is 4.07. The quantitative estimate of drug-likeness (QED) is 0.731. The first-order valence-corrected chi connectivity index (χ1v) is 9.33. The smallest absolute Gasteiger partial charge is 0.340 e. The van der Waals surface area contributed by atoms with Gasteiger partial charge in [-0.05, 0) is 48.9 Å². The number of aryl methyl sites for hydroxylation is 1. The number of hydrogen-bond donors (Lipinski definition) is 2. The van der Waals surface area contributed by atoms with Crippen molar-refractivity contribution in [2.24, 2.45) is 0 Å². The predicted molar refractivity (Wildman–Crippen MR) is 94.0 cm³/mol. The molecule has 0 fully saturated rings. The minimum absolute atomic E-state index is 0.0151. The van der Waals surface area contributed by atoms with Crippen LogP contribution in [-0.4, -0.2) is 32.5 Å². The minimum atomic E-state index is -3.64. The first-order valence-electron chi connectivity index (χ1n) is 6.88. The molecule has 0 saturated heterocycles. The molecule has 0 heterocycles. The van der Waals surface area contributed by atoms with E-state index in [2.05, 4.69) is 21.2 Å². The molecule has 0 saturated carbocycles. The summed E-state index contributed by atoms with van der Waals surface area (Å²) in [6.45, 7) is 1.76. The van der Waals surface area contributed by atoms with Gasteiger partial charge in [0.1, 0.15) is 11.6 Å². The highest BCUT2D eigenvalue weighted by molar-refractivity contribution is 9.10. The molecular weight excluding hydrogens is 398 g/mol. The molecule has 0 bridgehead atoms. The van der Waals surface area contributed by atoms with Gasteiger partial charge in [-0.2, -0.15) is 0 Å². The maximum absolute atomic E-state index is 12.4. The van der Waals surface area contributed by atoms with Gasteiger partial charge in [-0.25, -0.2) is 13.2 Å². The summed E-state index contributed by atoms with van der Waals surface area (Å²) < 4.78 is 30.2. The summed E-state index contributed by atoms with van der Waals surface area (Å²) in [6.07, 6.45) is 0. The lowest BCUT2D eigenvalue weighted by atomic mass is 10.1. The lowest BCUT2D eigenvalue weighted by Gasteiger charge is -2.15. The van der Waals surface area contributed by atoms with Crippen molar-refractivity contribution in [1.29, 1.82) is 0 Å². The SMILES string of the molecule is COC(=O)c1cc(Br)cc(C)c1NCS(=O)(=O)c1ccc(O)cc1. The Kier molecular flexibility index (Phi) is 5.51. The number of phenolic OH excluding ortho intramolecular Hbond substituents is 1. The second kappa shape index (κ2) is 7.23. The number of methoxy groups -OCH3 is 1. The van der Waals surface area contributed by atoms with Crippen LogP contribution in [0.4, 0.5) is 5.69 Å². The van der Waals surface area contributed by atoms with Gasteiger partial charge >= 0.3 is 5.97 Å². The highest BCUT2D eigenvalue weighted by atomic mass is 79.9. The third-order valence-electron chi connectivity index (χ3n) is 3.34. The molecule has 8 heteroatoms. The Balaban J connectivity index is 2.31. The number of anilines is 1. The first-order chi connectivity index (χ1) is 11.2. The number of esters is 1. The van der Waals surface area contributed by atoms with E-state index >= 15 is 0 Å². The van der Waals surface area contributed by atoms with Gasteiger partial charge in [-0.1, -0.05) is 15.9 Å². The molecular formula is C16H16BrNO5S. The van der Waals surface area contributed by atoms with E-state index in [1.54, 1.807) is 19.1 Å². The number of halogens is 1. The van der Waals surface area contributed by atoms with Crippen molar-refractivity contribution in [3.05, 3.63) is 52.0 Å². The van der Waals surface area contributed by atoms with Crippen LogP contribution in [0.3, 0.4) is 0 Å². The number of carbonyl (C=O) groups is 1. The lowest BCUT2D eigenvalue weighted by Crippen LogP contribution is -2.18. The highest BCUT2D eigenvalue weighted by Gasteiger charge is 2.19. The van der Waals surface area contributed by atoms with Crippen molar-refractivity contribution in [1.82, 2.24) is 0 Å². The molecule has 0 atom stereocenters. The standard InChI is InChI=1S/C16H16BrNO5S/c1-10-7-11(17)8-14(16(20)23-2)15(10)18-9-24(21,22)13-5-3-12(19)4-6-13/h3-8,18-19H,9H2,1-2H3. The van der Waals surface area contributed by atoms with Gasteiger partial charge in [0.2, 0.25) is 0 Å². The highest BCUT2D eigenvalue weighted by Crippen LogP contribution is 2.27. The Morgan fingerprint density at radius 3 is 2.46 bits per heavy atom. The summed E-state index contributed by atoms with van der Waals surface area (Å²) in [6, 6.07) is 8.58. The van der Waals surface area contributed by atoms with Crippen LogP contribution in [0, 0.1) is 6.92 Å². The van der Waals surface area contributed by atoms with Crippen LogP contribution in [0.5, 0.6) is 5.75 Å². The second-order valence-corrected chi connectivity index (χ2v) is 7.97. The first kappa shape index (κ1) is 18.3. The van der Waals surface area contributed by atoms with Crippen molar-refractivity contribution in [3.8, 4) is 5.75 Å². The fourth-order valence-electron chi connectivity index (χ4n) is 2.15. The molecule has 128 valence electrons. The summed E-state index contributed by atoms with van der Waals surface area (Å²) in [5.41, 5.74) is 1.34. The fraction of sp³-hybridized carbons (Fsp3) is 0.188. The van der Waals surface area contributed by atoms with E-state index in [4.69, 9.17) is 4.74 Å². The maximum Gasteiger partial charge on any atom is 0.340 e. The number of carbonyl (C=O) groups excluding carboxylic acids is 1. The predicted octanol–water partition coefficient (Wildman–Crippen LogP) is 3.09. The van der Waals surface area contributed by atoms with Gasteiger partial charge in [-0.3, -0.25) is 0 Å². The van der Waals surface area contributed by atoms with Gasteiger partial charge in [0.05, 0.1) is 23.3 Å². The minimum Gasteiger partial charge on any atom is -0.508 e.